The molecular weight excluding hydrogens is 258 g/mol. The van der Waals surface area contributed by atoms with Crippen molar-refractivity contribution in [3.8, 4) is 0 Å². The Morgan fingerprint density at radius 2 is 1.76 bits per heavy atom. The van der Waals surface area contributed by atoms with E-state index in [2.05, 4.69) is 17.4 Å². The van der Waals surface area contributed by atoms with Gasteiger partial charge in [-0.05, 0) is 44.2 Å². The van der Waals surface area contributed by atoms with Crippen LogP contribution in [0.2, 0.25) is 0 Å². The monoisotopic (exact) mass is 285 g/mol. The molecule has 0 spiro atoms. The molecule has 2 heteroatoms. The summed E-state index contributed by atoms with van der Waals surface area (Å²) in [6, 6.07) is 8.43. The lowest BCUT2D eigenvalue weighted by atomic mass is 9.77. The minimum Gasteiger partial charge on any atom is -0.314 e. The highest BCUT2D eigenvalue weighted by atomic mass is 16.1. The first-order valence-corrected chi connectivity index (χ1v) is 8.54. The zero-order chi connectivity index (χ0) is 14.7. The number of rotatable bonds is 5. The lowest BCUT2D eigenvalue weighted by Crippen LogP contribution is -2.46. The van der Waals surface area contributed by atoms with E-state index in [4.69, 9.17) is 0 Å². The van der Waals surface area contributed by atoms with Gasteiger partial charge >= 0.3 is 0 Å². The second-order valence-electron chi connectivity index (χ2n) is 6.94. The highest BCUT2D eigenvalue weighted by Crippen LogP contribution is 2.36. The fourth-order valence-electron chi connectivity index (χ4n) is 3.84. The number of Topliss-reactive ketones (excluding diaryl/α,β-unsaturated/α-hetero) is 1. The van der Waals surface area contributed by atoms with E-state index >= 15 is 0 Å². The van der Waals surface area contributed by atoms with Crippen LogP contribution in [-0.4, -0.2) is 18.4 Å². The summed E-state index contributed by atoms with van der Waals surface area (Å²) in [5.74, 6) is 1.04. The molecule has 1 aromatic rings. The summed E-state index contributed by atoms with van der Waals surface area (Å²) in [6.45, 7) is 0. The number of hydrogen-bond acceptors (Lipinski definition) is 2. The quantitative estimate of drug-likeness (QED) is 0.810. The summed E-state index contributed by atoms with van der Waals surface area (Å²) in [6.07, 6.45) is 10.7. The summed E-state index contributed by atoms with van der Waals surface area (Å²) < 4.78 is 0. The molecule has 1 N–H and O–H groups in total. The van der Waals surface area contributed by atoms with Gasteiger partial charge < -0.3 is 5.32 Å². The Morgan fingerprint density at radius 3 is 2.29 bits per heavy atom. The maximum Gasteiger partial charge on any atom is 0.164 e. The van der Waals surface area contributed by atoms with Crippen molar-refractivity contribution in [3.05, 3.63) is 35.4 Å². The van der Waals surface area contributed by atoms with E-state index in [1.807, 2.05) is 19.2 Å². The Hall–Kier alpha value is -1.15. The van der Waals surface area contributed by atoms with Crippen LogP contribution in [0.3, 0.4) is 0 Å². The van der Waals surface area contributed by atoms with Crippen LogP contribution in [0.1, 0.15) is 79.6 Å². The minimum absolute atomic E-state index is 0.0436. The minimum atomic E-state index is 0.0436. The third kappa shape index (κ3) is 3.21. The van der Waals surface area contributed by atoms with Crippen molar-refractivity contribution in [2.24, 2.45) is 0 Å². The number of carbonyl (C=O) groups excluding carboxylic acids is 1. The Kier molecular flexibility index (Phi) is 4.44. The van der Waals surface area contributed by atoms with Gasteiger partial charge in [0, 0.05) is 17.5 Å². The third-order valence-electron chi connectivity index (χ3n) is 5.65. The fourth-order valence-corrected chi connectivity index (χ4v) is 3.84. The Balaban J connectivity index is 1.66. The van der Waals surface area contributed by atoms with Crippen molar-refractivity contribution in [3.63, 3.8) is 0 Å². The molecule has 0 heterocycles. The molecule has 21 heavy (non-hydrogen) atoms. The van der Waals surface area contributed by atoms with Crippen LogP contribution in [0.15, 0.2) is 24.3 Å². The van der Waals surface area contributed by atoms with Crippen molar-refractivity contribution in [1.29, 1.82) is 0 Å². The van der Waals surface area contributed by atoms with E-state index in [-0.39, 0.29) is 5.54 Å². The smallest absolute Gasteiger partial charge is 0.164 e. The molecule has 0 radical (unpaired) electrons. The average Bonchev–Trinajstić information content (AvgIpc) is 2.47. The van der Waals surface area contributed by atoms with Gasteiger partial charge in [-0.25, -0.2) is 0 Å². The van der Waals surface area contributed by atoms with E-state index in [1.54, 1.807) is 0 Å². The largest absolute Gasteiger partial charge is 0.314 e. The Bertz CT molecular complexity index is 481. The molecule has 0 amide bonds. The lowest BCUT2D eigenvalue weighted by molar-refractivity contribution is 0.0915. The summed E-state index contributed by atoms with van der Waals surface area (Å²) in [7, 11) is 2.01. The van der Waals surface area contributed by atoms with Crippen LogP contribution in [0.5, 0.6) is 0 Å². The summed E-state index contributed by atoms with van der Waals surface area (Å²) in [4.78, 5) is 12.6. The van der Waals surface area contributed by atoms with Crippen molar-refractivity contribution in [1.82, 2.24) is 5.32 Å². The van der Waals surface area contributed by atoms with Gasteiger partial charge in [0.1, 0.15) is 0 Å². The number of carbonyl (C=O) groups is 1. The van der Waals surface area contributed by atoms with Gasteiger partial charge in [0.15, 0.2) is 5.78 Å². The molecule has 0 bridgehead atoms. The summed E-state index contributed by atoms with van der Waals surface area (Å²) in [5.41, 5.74) is 2.35. The predicted molar refractivity (Wildman–Crippen MR) is 86.9 cm³/mol. The van der Waals surface area contributed by atoms with Crippen LogP contribution >= 0.6 is 0 Å². The molecule has 2 aliphatic carbocycles. The molecule has 0 saturated heterocycles. The zero-order valence-corrected chi connectivity index (χ0v) is 13.2. The number of hydrogen-bond donors (Lipinski definition) is 1. The molecule has 114 valence electrons. The van der Waals surface area contributed by atoms with Gasteiger partial charge in [0.05, 0.1) is 0 Å². The van der Waals surface area contributed by atoms with Crippen LogP contribution in [0.25, 0.3) is 0 Å². The molecule has 0 unspecified atom stereocenters. The maximum absolute atomic E-state index is 12.6. The summed E-state index contributed by atoms with van der Waals surface area (Å²) >= 11 is 0. The van der Waals surface area contributed by atoms with Crippen LogP contribution < -0.4 is 5.32 Å². The van der Waals surface area contributed by atoms with Crippen LogP contribution in [0, 0.1) is 0 Å². The summed E-state index contributed by atoms with van der Waals surface area (Å²) in [5, 5.41) is 3.45. The van der Waals surface area contributed by atoms with Crippen LogP contribution in [-0.2, 0) is 0 Å². The van der Waals surface area contributed by atoms with Crippen molar-refractivity contribution in [2.45, 2.75) is 69.2 Å². The standard InChI is InChI=1S/C19H27NO/c1-20-19(12-3-2-4-13-19)14-18(21)17-10-8-16(9-11-17)15-6-5-7-15/h8-11,15,20H,2-7,12-14H2,1H3. The second-order valence-corrected chi connectivity index (χ2v) is 6.94. The van der Waals surface area contributed by atoms with Gasteiger partial charge in [-0.2, -0.15) is 0 Å². The second kappa shape index (κ2) is 6.31. The number of benzene rings is 1. The fraction of sp³-hybridized carbons (Fsp3) is 0.632. The molecule has 1 aromatic carbocycles. The van der Waals surface area contributed by atoms with E-state index in [0.717, 1.165) is 24.3 Å². The highest BCUT2D eigenvalue weighted by Gasteiger charge is 2.32. The van der Waals surface area contributed by atoms with Crippen molar-refractivity contribution in [2.75, 3.05) is 7.05 Å². The SMILES string of the molecule is CNC1(CC(=O)c2ccc(C3CCC3)cc2)CCCCC1. The van der Waals surface area contributed by atoms with Crippen molar-refractivity contribution < 1.29 is 4.79 Å². The first-order valence-electron chi connectivity index (χ1n) is 8.54. The average molecular weight is 285 g/mol. The third-order valence-corrected chi connectivity index (χ3v) is 5.65. The molecule has 3 rings (SSSR count). The van der Waals surface area contributed by atoms with E-state index in [0.29, 0.717) is 12.2 Å². The van der Waals surface area contributed by atoms with Gasteiger partial charge in [0.25, 0.3) is 0 Å². The molecule has 0 atom stereocenters. The molecule has 2 saturated carbocycles. The van der Waals surface area contributed by atoms with Gasteiger partial charge in [0.2, 0.25) is 0 Å². The molecule has 0 aromatic heterocycles. The van der Waals surface area contributed by atoms with Gasteiger partial charge in [-0.15, -0.1) is 0 Å². The number of ketones is 1. The molecule has 2 fully saturated rings. The molecule has 2 nitrogen and oxygen atoms in total. The normalized spacial score (nSPS) is 21.8. The molecular formula is C19H27NO. The zero-order valence-electron chi connectivity index (χ0n) is 13.2. The first-order chi connectivity index (χ1) is 10.2. The van der Waals surface area contributed by atoms with Gasteiger partial charge in [-0.3, -0.25) is 4.79 Å². The highest BCUT2D eigenvalue weighted by molar-refractivity contribution is 5.96. The van der Waals surface area contributed by atoms with Crippen LogP contribution in [0.4, 0.5) is 0 Å². The number of nitrogens with one attached hydrogen (secondary N) is 1. The maximum atomic E-state index is 12.6. The van der Waals surface area contributed by atoms with E-state index < -0.39 is 0 Å². The molecule has 0 aliphatic heterocycles. The first kappa shape index (κ1) is 14.8. The van der Waals surface area contributed by atoms with Gasteiger partial charge in [-0.1, -0.05) is 49.9 Å². The van der Waals surface area contributed by atoms with E-state index in [1.165, 1.54) is 44.1 Å². The van der Waals surface area contributed by atoms with Crippen molar-refractivity contribution >= 4 is 5.78 Å². The Morgan fingerprint density at radius 1 is 1.10 bits per heavy atom. The topological polar surface area (TPSA) is 29.1 Å². The Labute approximate surface area is 128 Å². The predicted octanol–water partition coefficient (Wildman–Crippen LogP) is 4.45. The lowest BCUT2D eigenvalue weighted by Gasteiger charge is -2.36. The molecule has 2 aliphatic rings. The van der Waals surface area contributed by atoms with E-state index in [9.17, 15) is 4.79 Å².